The Morgan fingerprint density at radius 1 is 1.39 bits per heavy atom. The largest absolute Gasteiger partial charge is 0.235 e. The molecule has 0 N–H and O–H groups in total. The second kappa shape index (κ2) is 4.20. The Balaban J connectivity index is 2.03. The molecular formula is C13H12N4O. The van der Waals surface area contributed by atoms with E-state index in [0.717, 1.165) is 30.5 Å². The Hall–Kier alpha value is -2.26. The van der Waals surface area contributed by atoms with Gasteiger partial charge < -0.3 is 0 Å². The van der Waals surface area contributed by atoms with Crippen molar-refractivity contribution in [2.24, 2.45) is 4.99 Å². The normalized spacial score (nSPS) is 16.7. The second-order valence-electron chi connectivity index (χ2n) is 4.49. The van der Waals surface area contributed by atoms with Crippen LogP contribution < -0.4 is 0 Å². The van der Waals surface area contributed by atoms with E-state index in [0.29, 0.717) is 0 Å². The van der Waals surface area contributed by atoms with E-state index in [1.807, 2.05) is 24.3 Å². The van der Waals surface area contributed by atoms with Crippen LogP contribution in [0.4, 0.5) is 0 Å². The molecule has 1 aromatic heterocycles. The average molecular weight is 240 g/mol. The van der Waals surface area contributed by atoms with Crippen LogP contribution in [0.3, 0.4) is 0 Å². The van der Waals surface area contributed by atoms with Gasteiger partial charge in [-0.25, -0.2) is 9.48 Å². The van der Waals surface area contributed by atoms with Crippen molar-refractivity contribution in [1.29, 1.82) is 0 Å². The van der Waals surface area contributed by atoms with Crippen LogP contribution >= 0.6 is 0 Å². The van der Waals surface area contributed by atoms with Gasteiger partial charge in [-0.3, -0.25) is 0 Å². The summed E-state index contributed by atoms with van der Waals surface area (Å²) in [5, 5.41) is 7.75. The highest BCUT2D eigenvalue weighted by atomic mass is 16.1. The predicted octanol–water partition coefficient (Wildman–Crippen LogP) is 1.98. The smallest absolute Gasteiger partial charge is 0.221 e. The minimum absolute atomic E-state index is 0.363. The molecule has 1 aromatic carbocycles. The highest BCUT2D eigenvalue weighted by Gasteiger charge is 2.38. The summed E-state index contributed by atoms with van der Waals surface area (Å²) in [6, 6.07) is 7.91. The Morgan fingerprint density at radius 2 is 2.28 bits per heavy atom. The number of isocyanates is 1. The van der Waals surface area contributed by atoms with Gasteiger partial charge in [0.1, 0.15) is 0 Å². The zero-order chi connectivity index (χ0) is 12.4. The molecule has 0 atom stereocenters. The van der Waals surface area contributed by atoms with Crippen LogP contribution in [-0.2, 0) is 10.3 Å². The van der Waals surface area contributed by atoms with Crippen LogP contribution in [0.1, 0.15) is 24.8 Å². The molecule has 0 radical (unpaired) electrons. The van der Waals surface area contributed by atoms with E-state index >= 15 is 0 Å². The second-order valence-corrected chi connectivity index (χ2v) is 4.49. The van der Waals surface area contributed by atoms with Crippen molar-refractivity contribution in [2.45, 2.75) is 24.8 Å². The topological polar surface area (TPSA) is 60.1 Å². The minimum atomic E-state index is -0.363. The summed E-state index contributed by atoms with van der Waals surface area (Å²) < 4.78 is 1.69. The molecule has 0 amide bonds. The van der Waals surface area contributed by atoms with Crippen LogP contribution in [-0.4, -0.2) is 21.1 Å². The van der Waals surface area contributed by atoms with Crippen molar-refractivity contribution < 1.29 is 4.79 Å². The van der Waals surface area contributed by atoms with Gasteiger partial charge in [-0.1, -0.05) is 17.3 Å². The van der Waals surface area contributed by atoms with Gasteiger partial charge in [0, 0.05) is 0 Å². The molecular weight excluding hydrogens is 228 g/mol. The van der Waals surface area contributed by atoms with E-state index in [-0.39, 0.29) is 5.54 Å². The average Bonchev–Trinajstić information content (AvgIpc) is 2.88. The van der Waals surface area contributed by atoms with E-state index in [2.05, 4.69) is 15.3 Å². The summed E-state index contributed by atoms with van der Waals surface area (Å²) in [5.41, 5.74) is 1.61. The summed E-state index contributed by atoms with van der Waals surface area (Å²) in [5.74, 6) is 0. The van der Waals surface area contributed by atoms with Gasteiger partial charge >= 0.3 is 0 Å². The van der Waals surface area contributed by atoms with Crippen molar-refractivity contribution in [3.63, 3.8) is 0 Å². The summed E-state index contributed by atoms with van der Waals surface area (Å²) >= 11 is 0. The molecule has 5 nitrogen and oxygen atoms in total. The van der Waals surface area contributed by atoms with Crippen molar-refractivity contribution in [3.05, 3.63) is 42.2 Å². The van der Waals surface area contributed by atoms with E-state index in [4.69, 9.17) is 0 Å². The quantitative estimate of drug-likeness (QED) is 0.608. The zero-order valence-electron chi connectivity index (χ0n) is 9.78. The summed E-state index contributed by atoms with van der Waals surface area (Å²) in [7, 11) is 0. The van der Waals surface area contributed by atoms with Gasteiger partial charge in [0.25, 0.3) is 0 Å². The molecule has 18 heavy (non-hydrogen) atoms. The van der Waals surface area contributed by atoms with E-state index < -0.39 is 0 Å². The Labute approximate surface area is 104 Å². The maximum atomic E-state index is 10.6. The molecule has 90 valence electrons. The molecule has 1 aliphatic carbocycles. The lowest BCUT2D eigenvalue weighted by Gasteiger charge is -2.37. The fourth-order valence-electron chi connectivity index (χ4n) is 2.35. The lowest BCUT2D eigenvalue weighted by Crippen LogP contribution is -2.31. The number of aromatic nitrogens is 3. The monoisotopic (exact) mass is 240 g/mol. The molecule has 0 bridgehead atoms. The SMILES string of the molecule is O=C=NC1(c2cccc(-n3ccnn3)c2)CCC1. The molecule has 0 saturated heterocycles. The van der Waals surface area contributed by atoms with Gasteiger partial charge in [0.2, 0.25) is 6.08 Å². The fourth-order valence-corrected chi connectivity index (χ4v) is 2.35. The van der Waals surface area contributed by atoms with Crippen molar-refractivity contribution in [3.8, 4) is 5.69 Å². The molecule has 5 heteroatoms. The van der Waals surface area contributed by atoms with Crippen LogP contribution in [0.2, 0.25) is 0 Å². The molecule has 1 fully saturated rings. The summed E-state index contributed by atoms with van der Waals surface area (Å²) in [6.07, 6.45) is 8.03. The van der Waals surface area contributed by atoms with Gasteiger partial charge in [0.05, 0.1) is 23.6 Å². The predicted molar refractivity (Wildman–Crippen MR) is 65.0 cm³/mol. The molecule has 2 aromatic rings. The first kappa shape index (κ1) is 10.9. The molecule has 1 heterocycles. The molecule has 0 spiro atoms. The number of hydrogen-bond acceptors (Lipinski definition) is 4. The Bertz CT molecular complexity index is 595. The van der Waals surface area contributed by atoms with E-state index in [1.54, 1.807) is 23.2 Å². The third-order valence-corrected chi connectivity index (χ3v) is 3.51. The van der Waals surface area contributed by atoms with Gasteiger partial charge in [0.15, 0.2) is 0 Å². The number of carbonyl (C=O) groups excluding carboxylic acids is 1. The summed E-state index contributed by atoms with van der Waals surface area (Å²) in [6.45, 7) is 0. The van der Waals surface area contributed by atoms with Gasteiger partial charge in [-0.2, -0.15) is 4.99 Å². The van der Waals surface area contributed by atoms with Crippen LogP contribution in [0.5, 0.6) is 0 Å². The minimum Gasteiger partial charge on any atom is -0.221 e. The van der Waals surface area contributed by atoms with Crippen molar-refractivity contribution in [2.75, 3.05) is 0 Å². The van der Waals surface area contributed by atoms with Crippen LogP contribution in [0.25, 0.3) is 5.69 Å². The molecule has 3 rings (SSSR count). The Morgan fingerprint density at radius 3 is 2.89 bits per heavy atom. The first-order valence-electron chi connectivity index (χ1n) is 5.90. The molecule has 0 aliphatic heterocycles. The van der Waals surface area contributed by atoms with Crippen LogP contribution in [0, 0.1) is 0 Å². The first-order chi connectivity index (χ1) is 8.84. The van der Waals surface area contributed by atoms with E-state index in [9.17, 15) is 4.79 Å². The maximum Gasteiger partial charge on any atom is 0.235 e. The van der Waals surface area contributed by atoms with Gasteiger partial charge in [-0.15, -0.1) is 5.10 Å². The Kier molecular flexibility index (Phi) is 2.54. The van der Waals surface area contributed by atoms with Crippen molar-refractivity contribution in [1.82, 2.24) is 15.0 Å². The van der Waals surface area contributed by atoms with Gasteiger partial charge in [-0.05, 0) is 37.0 Å². The fraction of sp³-hybridized carbons (Fsp3) is 0.308. The zero-order valence-corrected chi connectivity index (χ0v) is 9.78. The van der Waals surface area contributed by atoms with Crippen molar-refractivity contribution >= 4 is 6.08 Å². The molecule has 1 aliphatic rings. The standard InChI is InChI=1S/C13H12N4O/c18-10-14-13(5-2-6-13)11-3-1-4-12(9-11)17-8-7-15-16-17/h1,3-4,7-9H,2,5-6H2. The highest BCUT2D eigenvalue weighted by molar-refractivity contribution is 5.43. The first-order valence-corrected chi connectivity index (χ1v) is 5.90. The number of aliphatic imine (C=N–C) groups is 1. The molecule has 1 saturated carbocycles. The number of benzene rings is 1. The lowest BCUT2D eigenvalue weighted by molar-refractivity contribution is 0.256. The maximum absolute atomic E-state index is 10.6. The van der Waals surface area contributed by atoms with E-state index in [1.165, 1.54) is 0 Å². The third kappa shape index (κ3) is 1.65. The van der Waals surface area contributed by atoms with Crippen LogP contribution in [0.15, 0.2) is 41.7 Å². The summed E-state index contributed by atoms with van der Waals surface area (Å²) in [4.78, 5) is 14.6. The highest BCUT2D eigenvalue weighted by Crippen LogP contribution is 2.44. The number of rotatable bonds is 3. The third-order valence-electron chi connectivity index (χ3n) is 3.51. The number of nitrogens with zero attached hydrogens (tertiary/aromatic N) is 4. The lowest BCUT2D eigenvalue weighted by atomic mass is 9.72. The molecule has 0 unspecified atom stereocenters. The number of hydrogen-bond donors (Lipinski definition) is 0.